The van der Waals surface area contributed by atoms with Crippen LogP contribution in [0.4, 0.5) is 0 Å². The average Bonchev–Trinajstić information content (AvgIpc) is 3.54. The predicted molar refractivity (Wildman–Crippen MR) is 124 cm³/mol. The number of aromatic nitrogens is 2. The molecule has 1 fully saturated rings. The molecule has 5 rings (SSSR count). The first-order valence-electron chi connectivity index (χ1n) is 11.1. The zero-order valence-corrected chi connectivity index (χ0v) is 18.6. The van der Waals surface area contributed by atoms with Gasteiger partial charge in [-0.3, -0.25) is 4.79 Å². The molecule has 2 aromatic heterocycles. The standard InChI is InChI=1S/C26H25N3O4/c1-16(28-17(2)30)20-7-10-23-24(13-20)33-26(29-23)19-5-8-21(9-6-19)32-25-14-22(11-12-27-25)31-15-18-3-4-18/h5-14,16,18H,3-4,15H2,1-2H3,(H,28,30). The zero-order valence-electron chi connectivity index (χ0n) is 18.6. The molecule has 1 aliphatic rings. The normalized spacial score (nSPS) is 14.1. The fraction of sp³-hybridized carbons (Fsp3) is 0.269. The van der Waals surface area contributed by atoms with Gasteiger partial charge in [0.25, 0.3) is 0 Å². The number of fused-ring (bicyclic) bond motifs is 1. The quantitative estimate of drug-likeness (QED) is 0.378. The second-order valence-corrected chi connectivity index (χ2v) is 8.38. The number of hydrogen-bond donors (Lipinski definition) is 1. The maximum absolute atomic E-state index is 11.3. The van der Waals surface area contributed by atoms with Crippen LogP contribution in [0.5, 0.6) is 17.4 Å². The zero-order chi connectivity index (χ0) is 22.8. The summed E-state index contributed by atoms with van der Waals surface area (Å²) in [5.74, 6) is 3.05. The third-order valence-corrected chi connectivity index (χ3v) is 5.54. The van der Waals surface area contributed by atoms with E-state index in [4.69, 9.17) is 13.9 Å². The summed E-state index contributed by atoms with van der Waals surface area (Å²) in [4.78, 5) is 20.2. The van der Waals surface area contributed by atoms with Crippen LogP contribution in [0.25, 0.3) is 22.6 Å². The van der Waals surface area contributed by atoms with Crippen LogP contribution in [0.15, 0.2) is 65.2 Å². The van der Waals surface area contributed by atoms with Crippen LogP contribution in [0, 0.1) is 5.92 Å². The molecule has 4 aromatic rings. The van der Waals surface area contributed by atoms with Crippen molar-refractivity contribution in [1.29, 1.82) is 0 Å². The lowest BCUT2D eigenvalue weighted by atomic mass is 10.1. The molecule has 2 heterocycles. The second-order valence-electron chi connectivity index (χ2n) is 8.38. The minimum atomic E-state index is -0.108. The Morgan fingerprint density at radius 1 is 1.12 bits per heavy atom. The fourth-order valence-electron chi connectivity index (χ4n) is 3.54. The van der Waals surface area contributed by atoms with Crippen molar-refractivity contribution in [3.63, 3.8) is 0 Å². The van der Waals surface area contributed by atoms with Crippen molar-refractivity contribution < 1.29 is 18.7 Å². The van der Waals surface area contributed by atoms with Gasteiger partial charge in [0.15, 0.2) is 5.58 Å². The molecule has 33 heavy (non-hydrogen) atoms. The van der Waals surface area contributed by atoms with E-state index in [1.54, 1.807) is 12.3 Å². The third-order valence-electron chi connectivity index (χ3n) is 5.54. The van der Waals surface area contributed by atoms with Crippen molar-refractivity contribution in [2.45, 2.75) is 32.7 Å². The average molecular weight is 444 g/mol. The number of nitrogens with one attached hydrogen (secondary N) is 1. The molecule has 7 heteroatoms. The number of pyridine rings is 1. The molecule has 0 saturated heterocycles. The smallest absolute Gasteiger partial charge is 0.227 e. The van der Waals surface area contributed by atoms with E-state index in [9.17, 15) is 4.79 Å². The highest BCUT2D eigenvalue weighted by Crippen LogP contribution is 2.31. The highest BCUT2D eigenvalue weighted by atomic mass is 16.5. The summed E-state index contributed by atoms with van der Waals surface area (Å²) in [6.45, 7) is 4.18. The largest absolute Gasteiger partial charge is 0.493 e. The van der Waals surface area contributed by atoms with Crippen molar-refractivity contribution in [3.8, 4) is 28.8 Å². The Morgan fingerprint density at radius 3 is 2.70 bits per heavy atom. The van der Waals surface area contributed by atoms with Gasteiger partial charge in [-0.1, -0.05) is 6.07 Å². The van der Waals surface area contributed by atoms with Gasteiger partial charge in [0.2, 0.25) is 17.7 Å². The van der Waals surface area contributed by atoms with E-state index in [2.05, 4.69) is 15.3 Å². The molecule has 1 unspecified atom stereocenters. The van der Waals surface area contributed by atoms with Gasteiger partial charge in [0.1, 0.15) is 17.0 Å². The Morgan fingerprint density at radius 2 is 1.94 bits per heavy atom. The molecule has 1 N–H and O–H groups in total. The monoisotopic (exact) mass is 443 g/mol. The summed E-state index contributed by atoms with van der Waals surface area (Å²) >= 11 is 0. The van der Waals surface area contributed by atoms with Crippen LogP contribution in [0.1, 0.15) is 38.3 Å². The first-order valence-corrected chi connectivity index (χ1v) is 11.1. The molecular formula is C26H25N3O4. The summed E-state index contributed by atoms with van der Waals surface area (Å²) in [7, 11) is 0. The summed E-state index contributed by atoms with van der Waals surface area (Å²) in [6.07, 6.45) is 4.18. The topological polar surface area (TPSA) is 86.5 Å². The van der Waals surface area contributed by atoms with Gasteiger partial charge in [-0.05, 0) is 73.7 Å². The summed E-state index contributed by atoms with van der Waals surface area (Å²) < 4.78 is 17.7. The van der Waals surface area contributed by atoms with Crippen molar-refractivity contribution in [1.82, 2.24) is 15.3 Å². The van der Waals surface area contributed by atoms with Crippen LogP contribution >= 0.6 is 0 Å². The second kappa shape index (κ2) is 8.94. The molecule has 1 saturated carbocycles. The van der Waals surface area contributed by atoms with Crippen LogP contribution < -0.4 is 14.8 Å². The molecule has 0 bridgehead atoms. The Balaban J connectivity index is 1.29. The van der Waals surface area contributed by atoms with E-state index < -0.39 is 0 Å². The summed E-state index contributed by atoms with van der Waals surface area (Å²) in [5, 5.41) is 2.88. The molecule has 1 atom stereocenters. The molecule has 1 aliphatic carbocycles. The van der Waals surface area contributed by atoms with Crippen LogP contribution in [0.3, 0.4) is 0 Å². The van der Waals surface area contributed by atoms with E-state index in [1.807, 2.05) is 55.5 Å². The Labute approximate surface area is 191 Å². The molecule has 7 nitrogen and oxygen atoms in total. The molecular weight excluding hydrogens is 418 g/mol. The minimum Gasteiger partial charge on any atom is -0.493 e. The predicted octanol–water partition coefficient (Wildman–Crippen LogP) is 5.67. The van der Waals surface area contributed by atoms with Crippen molar-refractivity contribution >= 4 is 17.0 Å². The minimum absolute atomic E-state index is 0.0733. The molecule has 168 valence electrons. The van der Waals surface area contributed by atoms with Crippen molar-refractivity contribution in [3.05, 3.63) is 66.4 Å². The lowest BCUT2D eigenvalue weighted by molar-refractivity contribution is -0.119. The fourth-order valence-corrected chi connectivity index (χ4v) is 3.54. The number of nitrogens with zero attached hydrogens (tertiary/aromatic N) is 2. The SMILES string of the molecule is CC(=O)NC(C)c1ccc2nc(-c3ccc(Oc4cc(OCC5CC5)ccn4)cc3)oc2c1. The number of ether oxygens (including phenoxy) is 2. The number of amides is 1. The molecule has 2 aromatic carbocycles. The van der Waals surface area contributed by atoms with Gasteiger partial charge >= 0.3 is 0 Å². The van der Waals surface area contributed by atoms with Gasteiger partial charge in [-0.15, -0.1) is 0 Å². The van der Waals surface area contributed by atoms with Gasteiger partial charge in [-0.25, -0.2) is 9.97 Å². The van der Waals surface area contributed by atoms with Gasteiger partial charge in [0, 0.05) is 24.8 Å². The number of rotatable bonds is 8. The van der Waals surface area contributed by atoms with E-state index in [-0.39, 0.29) is 11.9 Å². The summed E-state index contributed by atoms with van der Waals surface area (Å²) in [6, 6.07) is 16.8. The van der Waals surface area contributed by atoms with Crippen LogP contribution in [0.2, 0.25) is 0 Å². The number of hydrogen-bond acceptors (Lipinski definition) is 6. The number of carbonyl (C=O) groups is 1. The lowest BCUT2D eigenvalue weighted by Crippen LogP contribution is -2.23. The summed E-state index contributed by atoms with van der Waals surface area (Å²) in [5.41, 5.74) is 3.23. The Kier molecular flexibility index (Phi) is 5.69. The lowest BCUT2D eigenvalue weighted by Gasteiger charge is -2.12. The van der Waals surface area contributed by atoms with Crippen molar-refractivity contribution in [2.24, 2.45) is 5.92 Å². The maximum atomic E-state index is 11.3. The first kappa shape index (κ1) is 21.0. The van der Waals surface area contributed by atoms with Crippen LogP contribution in [-0.4, -0.2) is 22.5 Å². The Hall–Kier alpha value is -3.87. The highest BCUT2D eigenvalue weighted by molar-refractivity contribution is 5.78. The van der Waals surface area contributed by atoms with E-state index in [0.29, 0.717) is 29.0 Å². The first-order chi connectivity index (χ1) is 16.0. The number of oxazole rings is 1. The Bertz CT molecular complexity index is 1280. The van der Waals surface area contributed by atoms with Crippen LogP contribution in [-0.2, 0) is 4.79 Å². The van der Waals surface area contributed by atoms with E-state index >= 15 is 0 Å². The van der Waals surface area contributed by atoms with Crippen molar-refractivity contribution in [2.75, 3.05) is 6.61 Å². The highest BCUT2D eigenvalue weighted by Gasteiger charge is 2.22. The number of carbonyl (C=O) groups excluding carboxylic acids is 1. The molecule has 1 amide bonds. The van der Waals surface area contributed by atoms with Gasteiger partial charge in [-0.2, -0.15) is 0 Å². The number of benzene rings is 2. The molecule has 0 radical (unpaired) electrons. The molecule has 0 aliphatic heterocycles. The van der Waals surface area contributed by atoms with Gasteiger partial charge < -0.3 is 19.2 Å². The van der Waals surface area contributed by atoms with Gasteiger partial charge in [0.05, 0.1) is 12.6 Å². The third kappa shape index (κ3) is 5.14. The molecule has 0 spiro atoms. The maximum Gasteiger partial charge on any atom is 0.227 e. The van der Waals surface area contributed by atoms with E-state index in [0.717, 1.165) is 29.0 Å². The van der Waals surface area contributed by atoms with E-state index in [1.165, 1.54) is 19.8 Å².